The second-order valence-corrected chi connectivity index (χ2v) is 8.39. The highest BCUT2D eigenvalue weighted by Crippen LogP contribution is 2.16. The minimum Gasteiger partial charge on any atom is -0.444 e. The molecule has 0 aliphatic rings. The van der Waals surface area contributed by atoms with Crippen molar-refractivity contribution in [3.63, 3.8) is 0 Å². The van der Waals surface area contributed by atoms with Crippen LogP contribution in [0.15, 0.2) is 42.0 Å². The smallest absolute Gasteiger partial charge is 0.408 e. The van der Waals surface area contributed by atoms with Gasteiger partial charge in [0, 0.05) is 38.7 Å². The van der Waals surface area contributed by atoms with Gasteiger partial charge in [0.2, 0.25) is 0 Å². The number of amides is 1. The maximum Gasteiger partial charge on any atom is 0.408 e. The molecule has 2 rings (SSSR count). The Hall–Kier alpha value is -3.10. The summed E-state index contributed by atoms with van der Waals surface area (Å²) in [6.07, 6.45) is 8.16. The van der Waals surface area contributed by atoms with Crippen LogP contribution in [0.25, 0.3) is 5.82 Å². The van der Waals surface area contributed by atoms with E-state index in [2.05, 4.69) is 30.9 Å². The SMILES string of the molecule is CCC(CC)(CNC(=NC)NCc1ccnc(-n2ccnc2)c1)NC(=O)OC(C)(C)C. The number of nitrogens with one attached hydrogen (secondary N) is 3. The van der Waals surface area contributed by atoms with Crippen molar-refractivity contribution < 1.29 is 9.53 Å². The number of aromatic nitrogens is 3. The zero-order valence-electron chi connectivity index (χ0n) is 19.4. The molecule has 0 saturated heterocycles. The molecule has 0 aliphatic carbocycles. The number of carbonyl (C=O) groups is 1. The lowest BCUT2D eigenvalue weighted by atomic mass is 9.93. The monoisotopic (exact) mass is 429 g/mol. The Balaban J connectivity index is 1.95. The highest BCUT2D eigenvalue weighted by molar-refractivity contribution is 5.79. The largest absolute Gasteiger partial charge is 0.444 e. The van der Waals surface area contributed by atoms with Crippen LogP contribution >= 0.6 is 0 Å². The standard InChI is InChI=1S/C22H35N7O2/c1-7-22(8-2,28-20(30)31-21(3,4)5)15-27-19(23-6)26-14-17-9-10-25-18(13-17)29-12-11-24-16-29/h9-13,16H,7-8,14-15H2,1-6H3,(H,28,30)(H2,23,26,27). The summed E-state index contributed by atoms with van der Waals surface area (Å²) in [6, 6.07) is 3.95. The van der Waals surface area contributed by atoms with E-state index in [9.17, 15) is 4.79 Å². The van der Waals surface area contributed by atoms with Crippen LogP contribution in [0, 0.1) is 0 Å². The van der Waals surface area contributed by atoms with Gasteiger partial charge < -0.3 is 20.7 Å². The molecule has 0 saturated carbocycles. The van der Waals surface area contributed by atoms with Crippen molar-refractivity contribution in [1.29, 1.82) is 0 Å². The van der Waals surface area contributed by atoms with Gasteiger partial charge in [0.25, 0.3) is 0 Å². The number of ether oxygens (including phenoxy) is 1. The van der Waals surface area contributed by atoms with Crippen molar-refractivity contribution in [2.24, 2.45) is 4.99 Å². The molecule has 31 heavy (non-hydrogen) atoms. The summed E-state index contributed by atoms with van der Waals surface area (Å²) in [5, 5.41) is 9.68. The Morgan fingerprint density at radius 3 is 2.52 bits per heavy atom. The predicted octanol–water partition coefficient (Wildman–Crippen LogP) is 3.02. The second-order valence-electron chi connectivity index (χ2n) is 8.39. The molecule has 3 N–H and O–H groups in total. The van der Waals surface area contributed by atoms with Gasteiger partial charge in [-0.2, -0.15) is 0 Å². The van der Waals surface area contributed by atoms with Gasteiger partial charge in [-0.3, -0.25) is 9.56 Å². The van der Waals surface area contributed by atoms with Crippen molar-refractivity contribution >= 4 is 12.1 Å². The first kappa shape index (κ1) is 24.2. The summed E-state index contributed by atoms with van der Waals surface area (Å²) in [6.45, 7) is 10.8. The fourth-order valence-electron chi connectivity index (χ4n) is 3.01. The first-order valence-corrected chi connectivity index (χ1v) is 10.6. The van der Waals surface area contributed by atoms with Crippen LogP contribution in [0.4, 0.5) is 4.79 Å². The molecule has 0 bridgehead atoms. The first-order valence-electron chi connectivity index (χ1n) is 10.6. The molecule has 0 radical (unpaired) electrons. The lowest BCUT2D eigenvalue weighted by Gasteiger charge is -2.34. The third kappa shape index (κ3) is 7.58. The number of imidazole rings is 1. The van der Waals surface area contributed by atoms with E-state index in [0.717, 1.165) is 24.2 Å². The van der Waals surface area contributed by atoms with Crippen LogP contribution in [0.2, 0.25) is 0 Å². The van der Waals surface area contributed by atoms with Gasteiger partial charge in [-0.1, -0.05) is 13.8 Å². The number of aliphatic imine (C=N–C) groups is 1. The first-order chi connectivity index (χ1) is 14.7. The van der Waals surface area contributed by atoms with E-state index in [-0.39, 0.29) is 0 Å². The number of alkyl carbamates (subject to hydrolysis) is 1. The maximum absolute atomic E-state index is 12.3. The number of hydrogen-bond acceptors (Lipinski definition) is 5. The molecule has 2 aromatic rings. The average Bonchev–Trinajstić information content (AvgIpc) is 3.27. The van der Waals surface area contributed by atoms with E-state index in [1.165, 1.54) is 0 Å². The van der Waals surface area contributed by atoms with Gasteiger partial charge in [-0.15, -0.1) is 0 Å². The van der Waals surface area contributed by atoms with E-state index < -0.39 is 17.2 Å². The van der Waals surface area contributed by atoms with Crippen LogP contribution in [0.3, 0.4) is 0 Å². The van der Waals surface area contributed by atoms with Crippen LogP contribution in [0.5, 0.6) is 0 Å². The Morgan fingerprint density at radius 2 is 1.94 bits per heavy atom. The molecular weight excluding hydrogens is 394 g/mol. The number of pyridine rings is 1. The summed E-state index contributed by atoms with van der Waals surface area (Å²) in [7, 11) is 1.72. The molecule has 2 aromatic heterocycles. The minimum atomic E-state index is -0.539. The third-order valence-electron chi connectivity index (χ3n) is 4.98. The third-order valence-corrected chi connectivity index (χ3v) is 4.98. The van der Waals surface area contributed by atoms with Gasteiger partial charge in [-0.05, 0) is 51.3 Å². The van der Waals surface area contributed by atoms with Crippen molar-refractivity contribution in [2.45, 2.75) is 65.1 Å². The maximum atomic E-state index is 12.3. The normalized spacial score (nSPS) is 12.4. The van der Waals surface area contributed by atoms with Crippen molar-refractivity contribution in [1.82, 2.24) is 30.5 Å². The topological polar surface area (TPSA) is 105 Å². The summed E-state index contributed by atoms with van der Waals surface area (Å²) in [5.74, 6) is 1.45. The van der Waals surface area contributed by atoms with Crippen molar-refractivity contribution in [3.8, 4) is 5.82 Å². The molecule has 170 valence electrons. The van der Waals surface area contributed by atoms with Crippen molar-refractivity contribution in [3.05, 3.63) is 42.6 Å². The molecule has 0 fully saturated rings. The molecule has 9 nitrogen and oxygen atoms in total. The van der Waals surface area contributed by atoms with E-state index in [0.29, 0.717) is 19.0 Å². The predicted molar refractivity (Wildman–Crippen MR) is 122 cm³/mol. The van der Waals surface area contributed by atoms with Gasteiger partial charge in [0.15, 0.2) is 5.96 Å². The molecule has 0 atom stereocenters. The lowest BCUT2D eigenvalue weighted by molar-refractivity contribution is 0.0448. The summed E-state index contributed by atoms with van der Waals surface area (Å²) >= 11 is 0. The molecule has 0 unspecified atom stereocenters. The Bertz CT molecular complexity index is 853. The van der Waals surface area contributed by atoms with E-state index in [1.807, 2.05) is 57.5 Å². The Morgan fingerprint density at radius 1 is 1.19 bits per heavy atom. The average molecular weight is 430 g/mol. The zero-order valence-corrected chi connectivity index (χ0v) is 19.4. The molecule has 0 spiro atoms. The van der Waals surface area contributed by atoms with Gasteiger partial charge >= 0.3 is 6.09 Å². The fourth-order valence-corrected chi connectivity index (χ4v) is 3.01. The van der Waals surface area contributed by atoms with Gasteiger partial charge in [-0.25, -0.2) is 14.8 Å². The summed E-state index contributed by atoms with van der Waals surface area (Å²) in [5.41, 5.74) is 0.0824. The molecule has 9 heteroatoms. The highest BCUT2D eigenvalue weighted by Gasteiger charge is 2.30. The minimum absolute atomic E-state index is 0.412. The van der Waals surface area contributed by atoms with Crippen LogP contribution < -0.4 is 16.0 Å². The van der Waals surface area contributed by atoms with Crippen LogP contribution in [-0.4, -0.2) is 51.3 Å². The zero-order chi connectivity index (χ0) is 22.9. The van der Waals surface area contributed by atoms with Crippen LogP contribution in [0.1, 0.15) is 53.0 Å². The summed E-state index contributed by atoms with van der Waals surface area (Å²) in [4.78, 5) is 25.1. The number of nitrogens with zero attached hydrogens (tertiary/aromatic N) is 4. The van der Waals surface area contributed by atoms with E-state index >= 15 is 0 Å². The molecule has 1 amide bonds. The van der Waals surface area contributed by atoms with Crippen molar-refractivity contribution in [2.75, 3.05) is 13.6 Å². The number of hydrogen-bond donors (Lipinski definition) is 3. The van der Waals surface area contributed by atoms with E-state index in [1.54, 1.807) is 25.8 Å². The molecule has 0 aromatic carbocycles. The number of guanidine groups is 1. The lowest BCUT2D eigenvalue weighted by Crippen LogP contribution is -2.57. The molecule has 2 heterocycles. The number of rotatable bonds is 8. The molecular formula is C22H35N7O2. The van der Waals surface area contributed by atoms with Gasteiger partial charge in [0.05, 0.1) is 5.54 Å². The fraction of sp³-hybridized carbons (Fsp3) is 0.545. The quantitative estimate of drug-likeness (QED) is 0.440. The number of carbonyl (C=O) groups excluding carboxylic acids is 1. The van der Waals surface area contributed by atoms with E-state index in [4.69, 9.17) is 4.74 Å². The Kier molecular flexibility index (Phi) is 8.41. The van der Waals surface area contributed by atoms with Gasteiger partial charge in [0.1, 0.15) is 17.7 Å². The second kappa shape index (κ2) is 10.8. The van der Waals surface area contributed by atoms with Crippen LogP contribution in [-0.2, 0) is 11.3 Å². The highest BCUT2D eigenvalue weighted by atomic mass is 16.6. The molecule has 0 aliphatic heterocycles. The Labute approximate surface area is 184 Å². The summed E-state index contributed by atoms with van der Waals surface area (Å²) < 4.78 is 7.30.